The highest BCUT2D eigenvalue weighted by molar-refractivity contribution is 5.71. The summed E-state index contributed by atoms with van der Waals surface area (Å²) in [6.45, 7) is 6.42. The van der Waals surface area contributed by atoms with Crippen molar-refractivity contribution in [1.82, 2.24) is 0 Å². The first-order valence-corrected chi connectivity index (χ1v) is 33.4. The summed E-state index contributed by atoms with van der Waals surface area (Å²) in [7, 11) is 0. The van der Waals surface area contributed by atoms with Gasteiger partial charge in [-0.05, 0) is 122 Å². The molecule has 0 aromatic heterocycles. The molecule has 0 aliphatic heterocycles. The summed E-state index contributed by atoms with van der Waals surface area (Å²) in [4.78, 5) is 38.4. The average Bonchev–Trinajstić information content (AvgIpc) is 3.45. The quantitative estimate of drug-likeness (QED) is 0.0261. The second-order valence-corrected chi connectivity index (χ2v) is 22.0. The summed E-state index contributed by atoms with van der Waals surface area (Å²) in [6, 6.07) is 0. The van der Waals surface area contributed by atoms with Crippen molar-refractivity contribution < 1.29 is 28.6 Å². The lowest BCUT2D eigenvalue weighted by molar-refractivity contribution is -0.167. The molecule has 0 saturated carbocycles. The molecule has 6 nitrogen and oxygen atoms in total. The summed E-state index contributed by atoms with van der Waals surface area (Å²) in [5.41, 5.74) is 0. The Morgan fingerprint density at radius 3 is 0.785 bits per heavy atom. The third kappa shape index (κ3) is 64.8. The number of carbonyl (C=O) groups excluding carboxylic acids is 3. The normalized spacial score (nSPS) is 12.8. The monoisotopic (exact) mass is 1100 g/mol. The number of ether oxygens (including phenoxy) is 3. The van der Waals surface area contributed by atoms with Gasteiger partial charge in [0.2, 0.25) is 0 Å². The molecule has 452 valence electrons. The number of unbranched alkanes of at least 4 members (excludes halogenated alkanes) is 31. The minimum absolute atomic E-state index is 0.0844. The molecule has 0 aromatic rings. The third-order valence-electron chi connectivity index (χ3n) is 14.2. The van der Waals surface area contributed by atoms with Gasteiger partial charge in [-0.15, -0.1) is 0 Å². The van der Waals surface area contributed by atoms with Crippen molar-refractivity contribution in [3.8, 4) is 0 Å². The molecule has 0 aliphatic rings. The van der Waals surface area contributed by atoms with Gasteiger partial charge in [-0.25, -0.2) is 0 Å². The largest absolute Gasteiger partial charge is 0.462 e. The van der Waals surface area contributed by atoms with Crippen molar-refractivity contribution >= 4 is 17.9 Å². The van der Waals surface area contributed by atoms with Crippen molar-refractivity contribution in [2.45, 2.75) is 322 Å². The van der Waals surface area contributed by atoms with Crippen LogP contribution in [-0.2, 0) is 28.6 Å². The highest BCUT2D eigenvalue weighted by Crippen LogP contribution is 2.16. The number of esters is 3. The van der Waals surface area contributed by atoms with Crippen LogP contribution < -0.4 is 0 Å². The predicted octanol–water partition coefficient (Wildman–Crippen LogP) is 23.0. The number of allylic oxidation sites excluding steroid dienone is 18. The Hall–Kier alpha value is -3.93. The third-order valence-corrected chi connectivity index (χ3v) is 14.2. The SMILES string of the molecule is CC/C=C\C/C=C\C/C=C\C/C=C\C/C=C\CCCCCCCCCCCCCCCC(=O)OCC(COC(=O)CCCCCCC/C=C\CCCCCCCC)OC(=O)CCCCCCCCC/C=C\C/C=C\C/C=C\CC. The standard InChI is InChI=1S/C73H124O6/c1-4-7-10-13-16-19-22-25-28-30-31-32-33-34-35-36-37-38-39-40-41-43-45-48-51-54-57-60-63-66-72(75)78-69-70(68-77-71(74)65-62-59-56-53-50-47-44-27-24-21-18-15-12-9-6-3)79-73(76)67-64-61-58-55-52-49-46-42-29-26-23-20-17-14-11-8-5-2/h7-8,10-11,16-17,19-20,25-29,31-32,34-35,44,70H,4-6,9,12-15,18,21-24,30,33,36-43,45-69H2,1-3H3/b10-7-,11-8-,19-16-,20-17-,28-25-,29-26-,32-31-,35-34-,44-27-. The molecule has 0 fully saturated rings. The van der Waals surface area contributed by atoms with Gasteiger partial charge < -0.3 is 14.2 Å². The van der Waals surface area contributed by atoms with Crippen molar-refractivity contribution in [1.29, 1.82) is 0 Å². The van der Waals surface area contributed by atoms with Crippen LogP contribution in [0.4, 0.5) is 0 Å². The van der Waals surface area contributed by atoms with E-state index >= 15 is 0 Å². The highest BCUT2D eigenvalue weighted by atomic mass is 16.6. The smallest absolute Gasteiger partial charge is 0.306 e. The van der Waals surface area contributed by atoms with E-state index in [1.807, 2.05) is 0 Å². The second kappa shape index (κ2) is 66.6. The van der Waals surface area contributed by atoms with E-state index < -0.39 is 6.10 Å². The summed E-state index contributed by atoms with van der Waals surface area (Å²) in [5.74, 6) is -0.894. The minimum Gasteiger partial charge on any atom is -0.462 e. The number of hydrogen-bond acceptors (Lipinski definition) is 6. The van der Waals surface area contributed by atoms with E-state index in [9.17, 15) is 14.4 Å². The maximum Gasteiger partial charge on any atom is 0.306 e. The molecular formula is C73H124O6. The van der Waals surface area contributed by atoms with Crippen LogP contribution in [0, 0.1) is 0 Å². The Bertz CT molecular complexity index is 1590. The molecule has 79 heavy (non-hydrogen) atoms. The Labute approximate surface area is 489 Å². The van der Waals surface area contributed by atoms with Crippen LogP contribution in [0.5, 0.6) is 0 Å². The molecule has 1 atom stereocenters. The van der Waals surface area contributed by atoms with Gasteiger partial charge in [0.1, 0.15) is 13.2 Å². The summed E-state index contributed by atoms with van der Waals surface area (Å²) < 4.78 is 16.9. The molecule has 1 unspecified atom stereocenters. The maximum absolute atomic E-state index is 12.9. The van der Waals surface area contributed by atoms with Crippen molar-refractivity contribution in [3.63, 3.8) is 0 Å². The van der Waals surface area contributed by atoms with E-state index in [4.69, 9.17) is 14.2 Å². The van der Waals surface area contributed by atoms with Crippen LogP contribution in [-0.4, -0.2) is 37.2 Å². The molecule has 0 heterocycles. The summed E-state index contributed by atoms with van der Waals surface area (Å²) in [5, 5.41) is 0. The van der Waals surface area contributed by atoms with Crippen molar-refractivity contribution in [2.75, 3.05) is 13.2 Å². The molecule has 0 bridgehead atoms. The number of carbonyl (C=O) groups is 3. The van der Waals surface area contributed by atoms with Crippen LogP contribution in [0.15, 0.2) is 109 Å². The second-order valence-electron chi connectivity index (χ2n) is 22.0. The first kappa shape index (κ1) is 75.1. The van der Waals surface area contributed by atoms with Gasteiger partial charge in [0.25, 0.3) is 0 Å². The average molecular weight is 1100 g/mol. The number of rotatable bonds is 60. The minimum atomic E-state index is -0.789. The van der Waals surface area contributed by atoms with E-state index in [1.165, 1.54) is 154 Å². The fraction of sp³-hybridized carbons (Fsp3) is 0.712. The lowest BCUT2D eigenvalue weighted by Crippen LogP contribution is -2.30. The van der Waals surface area contributed by atoms with Gasteiger partial charge >= 0.3 is 17.9 Å². The zero-order valence-electron chi connectivity index (χ0n) is 51.9. The molecule has 0 aliphatic carbocycles. The Balaban J connectivity index is 4.29. The molecule has 0 spiro atoms. The van der Waals surface area contributed by atoms with Gasteiger partial charge in [-0.3, -0.25) is 14.4 Å². The summed E-state index contributed by atoms with van der Waals surface area (Å²) in [6.07, 6.45) is 91.0. The molecule has 0 amide bonds. The topological polar surface area (TPSA) is 78.9 Å². The lowest BCUT2D eigenvalue weighted by atomic mass is 10.0. The van der Waals surface area contributed by atoms with Crippen LogP contribution in [0.2, 0.25) is 0 Å². The highest BCUT2D eigenvalue weighted by Gasteiger charge is 2.19. The van der Waals surface area contributed by atoms with Crippen molar-refractivity contribution in [2.24, 2.45) is 0 Å². The fourth-order valence-corrected chi connectivity index (χ4v) is 9.30. The molecule has 0 aromatic carbocycles. The van der Waals surface area contributed by atoms with Gasteiger partial charge in [0.15, 0.2) is 6.10 Å². The van der Waals surface area contributed by atoms with E-state index in [-0.39, 0.29) is 31.1 Å². The molecular weight excluding hydrogens is 973 g/mol. The van der Waals surface area contributed by atoms with Gasteiger partial charge in [-0.2, -0.15) is 0 Å². The van der Waals surface area contributed by atoms with Crippen molar-refractivity contribution in [3.05, 3.63) is 109 Å². The zero-order chi connectivity index (χ0) is 57.1. The molecule has 6 heteroatoms. The maximum atomic E-state index is 12.9. The molecule has 0 radical (unpaired) electrons. The van der Waals surface area contributed by atoms with E-state index in [2.05, 4.69) is 130 Å². The molecule has 0 saturated heterocycles. The van der Waals surface area contributed by atoms with Crippen LogP contribution in [0.3, 0.4) is 0 Å². The predicted molar refractivity (Wildman–Crippen MR) is 343 cm³/mol. The molecule has 0 N–H and O–H groups in total. The fourth-order valence-electron chi connectivity index (χ4n) is 9.30. The van der Waals surface area contributed by atoms with Crippen LogP contribution in [0.25, 0.3) is 0 Å². The van der Waals surface area contributed by atoms with E-state index in [1.54, 1.807) is 0 Å². The lowest BCUT2D eigenvalue weighted by Gasteiger charge is -2.18. The van der Waals surface area contributed by atoms with Gasteiger partial charge in [0, 0.05) is 19.3 Å². The Kier molecular flexibility index (Phi) is 63.3. The Morgan fingerprint density at radius 1 is 0.266 bits per heavy atom. The first-order chi connectivity index (χ1) is 39.0. The van der Waals surface area contributed by atoms with E-state index in [0.717, 1.165) is 122 Å². The molecule has 0 rings (SSSR count). The van der Waals surface area contributed by atoms with Gasteiger partial charge in [-0.1, -0.05) is 284 Å². The van der Waals surface area contributed by atoms with E-state index in [0.29, 0.717) is 19.3 Å². The first-order valence-electron chi connectivity index (χ1n) is 33.4. The Morgan fingerprint density at radius 2 is 0.494 bits per heavy atom. The van der Waals surface area contributed by atoms with Gasteiger partial charge in [0.05, 0.1) is 0 Å². The van der Waals surface area contributed by atoms with Crippen LogP contribution in [0.1, 0.15) is 316 Å². The summed E-state index contributed by atoms with van der Waals surface area (Å²) >= 11 is 0. The number of hydrogen-bond donors (Lipinski definition) is 0. The van der Waals surface area contributed by atoms with Crippen LogP contribution >= 0.6 is 0 Å². The zero-order valence-corrected chi connectivity index (χ0v) is 51.9.